The standard InChI is InChI=1S/C16H25F3N2O/c17-16(18,19)12-3-1-2-11(8-12)10-21-14(22)13-9-15(13)4-6-20-7-5-15/h11-13,20H,1-10H2,(H,21,22). The second-order valence-electron chi connectivity index (χ2n) is 7.39. The van der Waals surface area contributed by atoms with Crippen molar-refractivity contribution in [2.45, 2.75) is 51.1 Å². The highest BCUT2D eigenvalue weighted by atomic mass is 19.4. The summed E-state index contributed by atoms with van der Waals surface area (Å²) in [5.74, 6) is -1.04. The summed E-state index contributed by atoms with van der Waals surface area (Å²) in [5, 5.41) is 6.24. The zero-order valence-corrected chi connectivity index (χ0v) is 12.8. The van der Waals surface area contributed by atoms with Crippen LogP contribution in [0.2, 0.25) is 0 Å². The Hall–Kier alpha value is -0.780. The average Bonchev–Trinajstić information content (AvgIpc) is 3.18. The number of nitrogens with one attached hydrogen (secondary N) is 2. The Morgan fingerprint density at radius 3 is 2.64 bits per heavy atom. The minimum Gasteiger partial charge on any atom is -0.356 e. The summed E-state index contributed by atoms with van der Waals surface area (Å²) < 4.78 is 38.4. The lowest BCUT2D eigenvalue weighted by Crippen LogP contribution is -2.37. The maximum absolute atomic E-state index is 12.8. The highest BCUT2D eigenvalue weighted by molar-refractivity contribution is 5.82. The number of piperidine rings is 1. The maximum Gasteiger partial charge on any atom is 0.391 e. The third kappa shape index (κ3) is 3.42. The third-order valence-electron chi connectivity index (χ3n) is 5.92. The second kappa shape index (κ2) is 6.02. The van der Waals surface area contributed by atoms with Gasteiger partial charge < -0.3 is 10.6 Å². The molecule has 1 saturated heterocycles. The van der Waals surface area contributed by atoms with E-state index >= 15 is 0 Å². The quantitative estimate of drug-likeness (QED) is 0.840. The van der Waals surface area contributed by atoms with Gasteiger partial charge in [0.15, 0.2) is 0 Å². The van der Waals surface area contributed by atoms with E-state index in [1.54, 1.807) is 0 Å². The molecular weight excluding hydrogens is 293 g/mol. The van der Waals surface area contributed by atoms with Crippen LogP contribution in [-0.4, -0.2) is 31.7 Å². The van der Waals surface area contributed by atoms with Crippen LogP contribution >= 0.6 is 0 Å². The predicted molar refractivity (Wildman–Crippen MR) is 77.2 cm³/mol. The van der Waals surface area contributed by atoms with Gasteiger partial charge in [0.25, 0.3) is 0 Å². The van der Waals surface area contributed by atoms with Gasteiger partial charge in [0.2, 0.25) is 5.91 Å². The van der Waals surface area contributed by atoms with E-state index in [-0.39, 0.29) is 36.0 Å². The number of carbonyl (C=O) groups excluding carboxylic acids is 1. The van der Waals surface area contributed by atoms with Crippen molar-refractivity contribution in [1.29, 1.82) is 0 Å². The molecule has 1 heterocycles. The number of carbonyl (C=O) groups is 1. The van der Waals surface area contributed by atoms with Crippen LogP contribution in [0.5, 0.6) is 0 Å². The largest absolute Gasteiger partial charge is 0.391 e. The van der Waals surface area contributed by atoms with Crippen LogP contribution in [-0.2, 0) is 4.79 Å². The van der Waals surface area contributed by atoms with Gasteiger partial charge in [-0.15, -0.1) is 0 Å². The molecule has 3 atom stereocenters. The SMILES string of the molecule is O=C(NCC1CCCC(C(F)(F)F)C1)C1CC12CCNCC2. The summed E-state index contributed by atoms with van der Waals surface area (Å²) in [6.45, 7) is 2.36. The molecule has 3 aliphatic rings. The zero-order valence-electron chi connectivity index (χ0n) is 12.8. The molecule has 0 bridgehead atoms. The lowest BCUT2D eigenvalue weighted by Gasteiger charge is -2.30. The Morgan fingerprint density at radius 2 is 1.95 bits per heavy atom. The van der Waals surface area contributed by atoms with Crippen LogP contribution in [0.3, 0.4) is 0 Å². The summed E-state index contributed by atoms with van der Waals surface area (Å²) >= 11 is 0. The second-order valence-corrected chi connectivity index (χ2v) is 7.39. The van der Waals surface area contributed by atoms with Crippen LogP contribution in [0.1, 0.15) is 44.9 Å². The maximum atomic E-state index is 12.8. The molecule has 0 aromatic rings. The van der Waals surface area contributed by atoms with E-state index in [0.29, 0.717) is 13.0 Å². The molecule has 1 spiro atoms. The molecule has 2 N–H and O–H groups in total. The molecule has 2 aliphatic carbocycles. The van der Waals surface area contributed by atoms with Crippen molar-refractivity contribution in [1.82, 2.24) is 10.6 Å². The number of alkyl halides is 3. The van der Waals surface area contributed by atoms with E-state index in [1.165, 1.54) is 0 Å². The number of amides is 1. The fraction of sp³-hybridized carbons (Fsp3) is 0.938. The van der Waals surface area contributed by atoms with E-state index < -0.39 is 12.1 Å². The molecule has 1 amide bonds. The summed E-state index contributed by atoms with van der Waals surface area (Å²) in [7, 11) is 0. The van der Waals surface area contributed by atoms with E-state index in [0.717, 1.165) is 38.8 Å². The molecule has 0 radical (unpaired) electrons. The number of hydrogen-bond acceptors (Lipinski definition) is 2. The fourth-order valence-corrected chi connectivity index (χ4v) is 4.34. The minimum atomic E-state index is -4.08. The molecule has 2 saturated carbocycles. The van der Waals surface area contributed by atoms with E-state index in [9.17, 15) is 18.0 Å². The monoisotopic (exact) mass is 318 g/mol. The molecule has 3 unspecified atom stereocenters. The van der Waals surface area contributed by atoms with Gasteiger partial charge in [-0.3, -0.25) is 4.79 Å². The highest BCUT2D eigenvalue weighted by Gasteiger charge is 2.57. The van der Waals surface area contributed by atoms with Crippen LogP contribution < -0.4 is 10.6 Å². The van der Waals surface area contributed by atoms with Crippen LogP contribution in [0, 0.1) is 23.2 Å². The first-order valence-corrected chi connectivity index (χ1v) is 8.46. The summed E-state index contributed by atoms with van der Waals surface area (Å²) in [4.78, 5) is 12.2. The van der Waals surface area contributed by atoms with Gasteiger partial charge in [-0.2, -0.15) is 13.2 Å². The van der Waals surface area contributed by atoms with Gasteiger partial charge in [0.1, 0.15) is 0 Å². The Balaban J connectivity index is 1.44. The Morgan fingerprint density at radius 1 is 1.23 bits per heavy atom. The third-order valence-corrected chi connectivity index (χ3v) is 5.92. The van der Waals surface area contributed by atoms with Gasteiger partial charge in [-0.1, -0.05) is 6.42 Å². The molecule has 1 aliphatic heterocycles. The number of halogens is 3. The predicted octanol–water partition coefficient (Wildman–Crippen LogP) is 2.86. The zero-order chi connectivity index (χ0) is 15.8. The lowest BCUT2D eigenvalue weighted by atomic mass is 9.81. The average molecular weight is 318 g/mol. The van der Waals surface area contributed by atoms with E-state index in [4.69, 9.17) is 0 Å². The Labute approximate surface area is 129 Å². The van der Waals surface area contributed by atoms with Crippen molar-refractivity contribution in [2.24, 2.45) is 23.2 Å². The van der Waals surface area contributed by atoms with Gasteiger partial charge in [0.05, 0.1) is 5.92 Å². The van der Waals surface area contributed by atoms with Gasteiger partial charge in [0, 0.05) is 12.5 Å². The first-order valence-electron chi connectivity index (χ1n) is 8.46. The molecule has 126 valence electrons. The number of rotatable bonds is 3. The topological polar surface area (TPSA) is 41.1 Å². The smallest absolute Gasteiger partial charge is 0.356 e. The Bertz CT molecular complexity index is 418. The van der Waals surface area contributed by atoms with Crippen molar-refractivity contribution in [3.8, 4) is 0 Å². The summed E-state index contributed by atoms with van der Waals surface area (Å²) in [6, 6.07) is 0. The van der Waals surface area contributed by atoms with Gasteiger partial charge >= 0.3 is 6.18 Å². The molecule has 0 aromatic heterocycles. The molecule has 3 fully saturated rings. The molecule has 0 aromatic carbocycles. The van der Waals surface area contributed by atoms with E-state index in [1.807, 2.05) is 0 Å². The molecule has 22 heavy (non-hydrogen) atoms. The summed E-state index contributed by atoms with van der Waals surface area (Å²) in [5.41, 5.74) is 0.191. The molecular formula is C16H25F3N2O. The minimum absolute atomic E-state index is 0.0213. The van der Waals surface area contributed by atoms with Crippen molar-refractivity contribution < 1.29 is 18.0 Å². The van der Waals surface area contributed by atoms with Gasteiger partial charge in [-0.05, 0) is 62.9 Å². The number of hydrogen-bond donors (Lipinski definition) is 2. The molecule has 3 nitrogen and oxygen atoms in total. The first kappa shape index (κ1) is 16.1. The van der Waals surface area contributed by atoms with Crippen LogP contribution in [0.15, 0.2) is 0 Å². The molecule has 6 heteroatoms. The first-order chi connectivity index (χ1) is 10.4. The van der Waals surface area contributed by atoms with E-state index in [2.05, 4.69) is 10.6 Å². The summed E-state index contributed by atoms with van der Waals surface area (Å²) in [6.07, 6.45) is 0.788. The van der Waals surface area contributed by atoms with Crippen molar-refractivity contribution in [3.05, 3.63) is 0 Å². The van der Waals surface area contributed by atoms with Crippen molar-refractivity contribution in [3.63, 3.8) is 0 Å². The van der Waals surface area contributed by atoms with Crippen molar-refractivity contribution >= 4 is 5.91 Å². The fourth-order valence-electron chi connectivity index (χ4n) is 4.34. The highest BCUT2D eigenvalue weighted by Crippen LogP contribution is 2.58. The van der Waals surface area contributed by atoms with Crippen molar-refractivity contribution in [2.75, 3.05) is 19.6 Å². The molecule has 3 rings (SSSR count). The van der Waals surface area contributed by atoms with Gasteiger partial charge in [-0.25, -0.2) is 0 Å². The van der Waals surface area contributed by atoms with Crippen LogP contribution in [0.4, 0.5) is 13.2 Å². The normalized spacial score (nSPS) is 34.4. The Kier molecular flexibility index (Phi) is 4.40. The lowest BCUT2D eigenvalue weighted by molar-refractivity contribution is -0.185. The van der Waals surface area contributed by atoms with Crippen LogP contribution in [0.25, 0.3) is 0 Å².